The Morgan fingerprint density at radius 3 is 2.89 bits per heavy atom. The largest absolute Gasteiger partial charge is 0.394 e. The van der Waals surface area contributed by atoms with E-state index in [9.17, 15) is 0 Å². The molecule has 0 saturated heterocycles. The van der Waals surface area contributed by atoms with Crippen molar-refractivity contribution in [2.24, 2.45) is 0 Å². The van der Waals surface area contributed by atoms with E-state index in [1.807, 2.05) is 13.0 Å². The standard InChI is InChI=1S/C13H17ClN4S/c1-3-5-9(10-6-4-7-19-10)17-12-11(15)8(2)16-13(14)18-12/h4,6-7,9H,3,5,15H2,1-2H3,(H,16,17,18). The number of nitrogen functional groups attached to an aromatic ring is 1. The Hall–Kier alpha value is -1.33. The second-order valence-electron chi connectivity index (χ2n) is 4.34. The maximum Gasteiger partial charge on any atom is 0.224 e. The Bertz CT molecular complexity index is 542. The zero-order valence-corrected chi connectivity index (χ0v) is 12.6. The van der Waals surface area contributed by atoms with Gasteiger partial charge in [0, 0.05) is 4.88 Å². The molecule has 0 fully saturated rings. The Balaban J connectivity index is 2.27. The van der Waals surface area contributed by atoms with Crippen LogP contribution in [0.4, 0.5) is 11.5 Å². The van der Waals surface area contributed by atoms with Gasteiger partial charge in [-0.3, -0.25) is 0 Å². The predicted molar refractivity (Wildman–Crippen MR) is 81.8 cm³/mol. The molecule has 19 heavy (non-hydrogen) atoms. The molecule has 0 spiro atoms. The van der Waals surface area contributed by atoms with Crippen LogP contribution in [0, 0.1) is 6.92 Å². The lowest BCUT2D eigenvalue weighted by Crippen LogP contribution is -2.13. The number of thiophene rings is 1. The molecular formula is C13H17ClN4S. The summed E-state index contributed by atoms with van der Waals surface area (Å²) in [5.74, 6) is 0.615. The van der Waals surface area contributed by atoms with E-state index in [0.29, 0.717) is 17.2 Å². The molecule has 0 bridgehead atoms. The number of hydrogen-bond acceptors (Lipinski definition) is 5. The van der Waals surface area contributed by atoms with Crippen LogP contribution in [0.15, 0.2) is 17.5 Å². The van der Waals surface area contributed by atoms with Crippen LogP contribution >= 0.6 is 22.9 Å². The highest BCUT2D eigenvalue weighted by molar-refractivity contribution is 7.10. The molecule has 0 amide bonds. The summed E-state index contributed by atoms with van der Waals surface area (Å²) in [7, 11) is 0. The van der Waals surface area contributed by atoms with E-state index in [2.05, 4.69) is 33.7 Å². The highest BCUT2D eigenvalue weighted by atomic mass is 35.5. The fourth-order valence-corrected chi connectivity index (χ4v) is 2.91. The van der Waals surface area contributed by atoms with E-state index in [4.69, 9.17) is 17.3 Å². The summed E-state index contributed by atoms with van der Waals surface area (Å²) in [5.41, 5.74) is 7.26. The average molecular weight is 297 g/mol. The number of aryl methyl sites for hydroxylation is 1. The molecule has 0 radical (unpaired) electrons. The van der Waals surface area contributed by atoms with E-state index >= 15 is 0 Å². The molecule has 2 aromatic rings. The first-order valence-electron chi connectivity index (χ1n) is 6.21. The van der Waals surface area contributed by atoms with Gasteiger partial charge in [0.25, 0.3) is 0 Å². The maximum atomic E-state index is 6.01. The molecule has 0 saturated carbocycles. The van der Waals surface area contributed by atoms with Gasteiger partial charge in [-0.15, -0.1) is 11.3 Å². The van der Waals surface area contributed by atoms with Crippen LogP contribution in [-0.2, 0) is 0 Å². The number of halogens is 1. The zero-order chi connectivity index (χ0) is 13.8. The van der Waals surface area contributed by atoms with Crippen LogP contribution < -0.4 is 11.1 Å². The smallest absolute Gasteiger partial charge is 0.224 e. The fraction of sp³-hybridized carbons (Fsp3) is 0.385. The summed E-state index contributed by atoms with van der Waals surface area (Å²) in [5, 5.41) is 5.67. The van der Waals surface area contributed by atoms with Crippen molar-refractivity contribution in [2.75, 3.05) is 11.1 Å². The summed E-state index contributed by atoms with van der Waals surface area (Å²) in [4.78, 5) is 9.50. The van der Waals surface area contributed by atoms with Crippen molar-refractivity contribution in [2.45, 2.75) is 32.7 Å². The second kappa shape index (κ2) is 6.21. The third kappa shape index (κ3) is 3.36. The lowest BCUT2D eigenvalue weighted by Gasteiger charge is -2.19. The molecule has 2 aromatic heterocycles. The van der Waals surface area contributed by atoms with E-state index in [1.54, 1.807) is 11.3 Å². The van der Waals surface area contributed by atoms with E-state index in [1.165, 1.54) is 4.88 Å². The van der Waals surface area contributed by atoms with Gasteiger partial charge < -0.3 is 11.1 Å². The first kappa shape index (κ1) is 14.1. The fourth-order valence-electron chi connectivity index (χ4n) is 1.89. The number of nitrogens with two attached hydrogens (primary N) is 1. The molecule has 3 N–H and O–H groups in total. The van der Waals surface area contributed by atoms with Gasteiger partial charge in [0.15, 0.2) is 5.82 Å². The average Bonchev–Trinajstić information content (AvgIpc) is 2.88. The van der Waals surface area contributed by atoms with Crippen LogP contribution in [0.1, 0.15) is 36.4 Å². The number of anilines is 2. The van der Waals surface area contributed by atoms with Gasteiger partial charge in [0.2, 0.25) is 5.28 Å². The molecule has 102 valence electrons. The molecule has 4 nitrogen and oxygen atoms in total. The van der Waals surface area contributed by atoms with Crippen molar-refractivity contribution < 1.29 is 0 Å². The number of nitrogens with one attached hydrogen (secondary N) is 1. The predicted octanol–water partition coefficient (Wildman–Crippen LogP) is 4.04. The molecule has 0 aliphatic rings. The first-order chi connectivity index (χ1) is 9.11. The number of rotatable bonds is 5. The van der Waals surface area contributed by atoms with E-state index in [-0.39, 0.29) is 11.3 Å². The normalized spacial score (nSPS) is 12.4. The topological polar surface area (TPSA) is 63.8 Å². The van der Waals surface area contributed by atoms with Crippen LogP contribution in [-0.4, -0.2) is 9.97 Å². The first-order valence-corrected chi connectivity index (χ1v) is 7.47. The summed E-state index contributed by atoms with van der Waals surface area (Å²) < 4.78 is 0. The lowest BCUT2D eigenvalue weighted by molar-refractivity contribution is 0.684. The highest BCUT2D eigenvalue weighted by Crippen LogP contribution is 2.30. The van der Waals surface area contributed by atoms with E-state index < -0.39 is 0 Å². The van der Waals surface area contributed by atoms with Crippen LogP contribution in [0.5, 0.6) is 0 Å². The van der Waals surface area contributed by atoms with Crippen LogP contribution in [0.3, 0.4) is 0 Å². The zero-order valence-electron chi connectivity index (χ0n) is 11.0. The third-order valence-corrected chi connectivity index (χ3v) is 4.04. The minimum atomic E-state index is 0.206. The Morgan fingerprint density at radius 1 is 1.47 bits per heavy atom. The van der Waals surface area contributed by atoms with Crippen molar-refractivity contribution in [3.63, 3.8) is 0 Å². The van der Waals surface area contributed by atoms with Gasteiger partial charge in [-0.1, -0.05) is 19.4 Å². The van der Waals surface area contributed by atoms with Crippen molar-refractivity contribution in [1.29, 1.82) is 0 Å². The van der Waals surface area contributed by atoms with Crippen LogP contribution in [0.25, 0.3) is 0 Å². The highest BCUT2D eigenvalue weighted by Gasteiger charge is 2.15. The maximum absolute atomic E-state index is 6.01. The minimum Gasteiger partial charge on any atom is -0.394 e. The van der Waals surface area contributed by atoms with Gasteiger partial charge in [0.1, 0.15) is 0 Å². The summed E-state index contributed by atoms with van der Waals surface area (Å²) in [6, 6.07) is 4.37. The Kier molecular flexibility index (Phi) is 4.61. The quantitative estimate of drug-likeness (QED) is 0.818. The monoisotopic (exact) mass is 296 g/mol. The molecule has 0 aliphatic carbocycles. The van der Waals surface area contributed by atoms with Gasteiger partial charge in [-0.2, -0.15) is 4.98 Å². The van der Waals surface area contributed by atoms with Crippen molar-refractivity contribution in [1.82, 2.24) is 9.97 Å². The molecular weight excluding hydrogens is 280 g/mol. The van der Waals surface area contributed by atoms with Gasteiger partial charge in [-0.05, 0) is 36.4 Å². The number of aromatic nitrogens is 2. The molecule has 1 atom stereocenters. The molecule has 1 unspecified atom stereocenters. The number of nitrogens with zero attached hydrogens (tertiary/aromatic N) is 2. The third-order valence-electron chi connectivity index (χ3n) is 2.88. The molecule has 0 aromatic carbocycles. The minimum absolute atomic E-state index is 0.206. The van der Waals surface area contributed by atoms with Gasteiger partial charge in [0.05, 0.1) is 17.4 Å². The van der Waals surface area contributed by atoms with Gasteiger partial charge in [-0.25, -0.2) is 4.98 Å². The second-order valence-corrected chi connectivity index (χ2v) is 5.66. The summed E-state index contributed by atoms with van der Waals surface area (Å²) in [6.45, 7) is 3.98. The van der Waals surface area contributed by atoms with E-state index in [0.717, 1.165) is 12.8 Å². The van der Waals surface area contributed by atoms with Crippen molar-refractivity contribution >= 4 is 34.4 Å². The summed E-state index contributed by atoms with van der Waals surface area (Å²) >= 11 is 7.62. The molecule has 2 heterocycles. The molecule has 6 heteroatoms. The number of hydrogen-bond donors (Lipinski definition) is 2. The Morgan fingerprint density at radius 2 is 2.26 bits per heavy atom. The molecule has 0 aliphatic heterocycles. The van der Waals surface area contributed by atoms with Crippen molar-refractivity contribution in [3.8, 4) is 0 Å². The van der Waals surface area contributed by atoms with Gasteiger partial charge >= 0.3 is 0 Å². The van der Waals surface area contributed by atoms with Crippen molar-refractivity contribution in [3.05, 3.63) is 33.4 Å². The summed E-state index contributed by atoms with van der Waals surface area (Å²) in [6.07, 6.45) is 2.09. The lowest BCUT2D eigenvalue weighted by atomic mass is 10.1. The molecule has 2 rings (SSSR count). The SMILES string of the molecule is CCCC(Nc1nc(Cl)nc(C)c1N)c1cccs1. The Labute approximate surface area is 122 Å². The van der Waals surface area contributed by atoms with Crippen LogP contribution in [0.2, 0.25) is 5.28 Å².